The van der Waals surface area contributed by atoms with Gasteiger partial charge in [0.15, 0.2) is 0 Å². The van der Waals surface area contributed by atoms with Crippen molar-refractivity contribution in [1.82, 2.24) is 9.80 Å². The van der Waals surface area contributed by atoms with Crippen molar-refractivity contribution in [2.24, 2.45) is 0 Å². The molecule has 1 aliphatic heterocycles. The van der Waals surface area contributed by atoms with Gasteiger partial charge in [-0.25, -0.2) is 4.39 Å². The predicted molar refractivity (Wildman–Crippen MR) is 78.1 cm³/mol. The summed E-state index contributed by atoms with van der Waals surface area (Å²) in [4.78, 5) is 15.0. The first kappa shape index (κ1) is 15.4. The van der Waals surface area contributed by atoms with Gasteiger partial charge in [-0.15, -0.1) is 0 Å². The lowest BCUT2D eigenvalue weighted by Crippen LogP contribution is -2.46. The molecule has 0 unspecified atom stereocenters. The molecule has 0 amide bonds. The molecule has 2 rings (SSSR count). The Labute approximate surface area is 126 Å². The van der Waals surface area contributed by atoms with Crippen molar-refractivity contribution < 1.29 is 14.3 Å². The Morgan fingerprint density at radius 3 is 2.50 bits per heavy atom. The molecule has 6 heteroatoms. The van der Waals surface area contributed by atoms with E-state index in [9.17, 15) is 9.18 Å². The monoisotopic (exact) mass is 344 g/mol. The second-order valence-electron chi connectivity index (χ2n) is 5.01. The Balaban J connectivity index is 1.79. The van der Waals surface area contributed by atoms with Crippen LogP contribution in [0.3, 0.4) is 0 Å². The Morgan fingerprint density at radius 2 is 1.90 bits per heavy atom. The van der Waals surface area contributed by atoms with Gasteiger partial charge >= 0.3 is 5.97 Å². The molecular formula is C14H18BrFN2O2. The van der Waals surface area contributed by atoms with Gasteiger partial charge < -0.3 is 10.0 Å². The third-order valence-corrected chi connectivity index (χ3v) is 4.14. The van der Waals surface area contributed by atoms with Gasteiger partial charge in [0, 0.05) is 39.3 Å². The van der Waals surface area contributed by atoms with E-state index in [0.717, 1.165) is 38.3 Å². The highest BCUT2D eigenvalue weighted by molar-refractivity contribution is 9.10. The minimum Gasteiger partial charge on any atom is -0.481 e. The van der Waals surface area contributed by atoms with Crippen LogP contribution in [0, 0.1) is 5.82 Å². The van der Waals surface area contributed by atoms with Gasteiger partial charge in [-0.2, -0.15) is 0 Å². The van der Waals surface area contributed by atoms with Crippen LogP contribution in [0.15, 0.2) is 22.7 Å². The highest BCUT2D eigenvalue weighted by Gasteiger charge is 2.17. The highest BCUT2D eigenvalue weighted by Crippen LogP contribution is 2.18. The number of benzene rings is 1. The van der Waals surface area contributed by atoms with Crippen molar-refractivity contribution in [2.75, 3.05) is 32.7 Å². The molecule has 110 valence electrons. The van der Waals surface area contributed by atoms with Gasteiger partial charge in [-0.1, -0.05) is 6.07 Å². The minimum atomic E-state index is -0.752. The van der Waals surface area contributed by atoms with Crippen molar-refractivity contribution >= 4 is 21.9 Å². The lowest BCUT2D eigenvalue weighted by molar-refractivity contribution is -0.137. The van der Waals surface area contributed by atoms with E-state index in [1.54, 1.807) is 12.1 Å². The number of aliphatic carboxylic acids is 1. The van der Waals surface area contributed by atoms with E-state index in [1.165, 1.54) is 0 Å². The largest absolute Gasteiger partial charge is 0.481 e. The second kappa shape index (κ2) is 7.15. The van der Waals surface area contributed by atoms with E-state index in [-0.39, 0.29) is 12.2 Å². The van der Waals surface area contributed by atoms with Crippen LogP contribution in [0.2, 0.25) is 0 Å². The van der Waals surface area contributed by atoms with Gasteiger partial charge in [0.05, 0.1) is 10.9 Å². The molecule has 1 aromatic carbocycles. The maximum atomic E-state index is 13.4. The van der Waals surface area contributed by atoms with E-state index in [1.807, 2.05) is 6.07 Å². The SMILES string of the molecule is O=C(O)CCN1CCN(Cc2ccc(Br)c(F)c2)CC1. The van der Waals surface area contributed by atoms with Crippen LogP contribution >= 0.6 is 15.9 Å². The van der Waals surface area contributed by atoms with Gasteiger partial charge in [0.25, 0.3) is 0 Å². The fraction of sp³-hybridized carbons (Fsp3) is 0.500. The molecule has 0 aliphatic carbocycles. The zero-order valence-electron chi connectivity index (χ0n) is 11.2. The standard InChI is InChI=1S/C14H18BrFN2O2/c15-12-2-1-11(9-13(12)16)10-18-7-5-17(6-8-18)4-3-14(19)20/h1-2,9H,3-8,10H2,(H,19,20). The number of hydrogen-bond donors (Lipinski definition) is 1. The van der Waals surface area contributed by atoms with Gasteiger partial charge in [-0.05, 0) is 33.6 Å². The number of carbonyl (C=O) groups is 1. The summed E-state index contributed by atoms with van der Waals surface area (Å²) in [5, 5.41) is 8.66. The number of rotatable bonds is 5. The summed E-state index contributed by atoms with van der Waals surface area (Å²) in [7, 11) is 0. The molecule has 1 heterocycles. The van der Waals surface area contributed by atoms with Gasteiger partial charge in [0.2, 0.25) is 0 Å². The van der Waals surface area contributed by atoms with Crippen molar-refractivity contribution in [1.29, 1.82) is 0 Å². The molecule has 0 radical (unpaired) electrons. The van der Waals surface area contributed by atoms with Gasteiger partial charge in [0.1, 0.15) is 5.82 Å². The Bertz CT molecular complexity index is 476. The van der Waals surface area contributed by atoms with Gasteiger partial charge in [-0.3, -0.25) is 9.69 Å². The molecule has 0 atom stereocenters. The summed E-state index contributed by atoms with van der Waals surface area (Å²) < 4.78 is 13.9. The molecule has 1 saturated heterocycles. The zero-order valence-corrected chi connectivity index (χ0v) is 12.8. The average Bonchev–Trinajstić information content (AvgIpc) is 2.42. The summed E-state index contributed by atoms with van der Waals surface area (Å²) in [5.41, 5.74) is 0.963. The Hall–Kier alpha value is -0.980. The summed E-state index contributed by atoms with van der Waals surface area (Å²) >= 11 is 3.15. The van der Waals surface area contributed by atoms with E-state index < -0.39 is 5.97 Å². The van der Waals surface area contributed by atoms with E-state index in [4.69, 9.17) is 5.11 Å². The first-order chi connectivity index (χ1) is 9.54. The number of piperazine rings is 1. The second-order valence-corrected chi connectivity index (χ2v) is 5.86. The molecule has 1 aromatic rings. The van der Waals surface area contributed by atoms with E-state index in [2.05, 4.69) is 25.7 Å². The fourth-order valence-electron chi connectivity index (χ4n) is 2.32. The van der Waals surface area contributed by atoms with Crippen molar-refractivity contribution in [2.45, 2.75) is 13.0 Å². The molecule has 1 N–H and O–H groups in total. The fourth-order valence-corrected chi connectivity index (χ4v) is 2.57. The van der Waals surface area contributed by atoms with Crippen LogP contribution in [0.25, 0.3) is 0 Å². The maximum absolute atomic E-state index is 13.4. The number of halogens is 2. The molecule has 0 spiro atoms. The first-order valence-corrected chi connectivity index (χ1v) is 7.44. The Kier molecular flexibility index (Phi) is 5.51. The number of carboxylic acid groups (broad SMARTS) is 1. The number of hydrogen-bond acceptors (Lipinski definition) is 3. The van der Waals surface area contributed by atoms with Crippen LogP contribution in [-0.4, -0.2) is 53.6 Å². The third-order valence-electron chi connectivity index (χ3n) is 3.50. The topological polar surface area (TPSA) is 43.8 Å². The van der Waals surface area contributed by atoms with Crippen molar-refractivity contribution in [3.05, 3.63) is 34.1 Å². The van der Waals surface area contributed by atoms with Crippen LogP contribution < -0.4 is 0 Å². The highest BCUT2D eigenvalue weighted by atomic mass is 79.9. The summed E-state index contributed by atoms with van der Waals surface area (Å²) in [5.74, 6) is -0.986. The van der Waals surface area contributed by atoms with E-state index >= 15 is 0 Å². The molecule has 1 aliphatic rings. The molecule has 0 aromatic heterocycles. The first-order valence-electron chi connectivity index (χ1n) is 6.65. The predicted octanol–water partition coefficient (Wildman–Crippen LogP) is 2.18. The summed E-state index contributed by atoms with van der Waals surface area (Å²) in [6.07, 6.45) is 0.192. The quantitative estimate of drug-likeness (QED) is 0.889. The molecule has 4 nitrogen and oxygen atoms in total. The lowest BCUT2D eigenvalue weighted by Gasteiger charge is -2.34. The number of carboxylic acids is 1. The number of nitrogens with zero attached hydrogens (tertiary/aromatic N) is 2. The Morgan fingerprint density at radius 1 is 1.25 bits per heavy atom. The smallest absolute Gasteiger partial charge is 0.304 e. The molecule has 1 fully saturated rings. The molecule has 20 heavy (non-hydrogen) atoms. The average molecular weight is 345 g/mol. The van der Waals surface area contributed by atoms with Crippen LogP contribution in [-0.2, 0) is 11.3 Å². The van der Waals surface area contributed by atoms with Crippen LogP contribution in [0.1, 0.15) is 12.0 Å². The van der Waals surface area contributed by atoms with Crippen LogP contribution in [0.5, 0.6) is 0 Å². The maximum Gasteiger partial charge on any atom is 0.304 e. The lowest BCUT2D eigenvalue weighted by atomic mass is 10.2. The third kappa shape index (κ3) is 4.54. The summed E-state index contributed by atoms with van der Waals surface area (Å²) in [6, 6.07) is 5.21. The normalized spacial score (nSPS) is 17.3. The van der Waals surface area contributed by atoms with E-state index in [0.29, 0.717) is 11.0 Å². The molecule has 0 saturated carbocycles. The molecular weight excluding hydrogens is 327 g/mol. The summed E-state index contributed by atoms with van der Waals surface area (Å²) in [6.45, 7) is 4.85. The van der Waals surface area contributed by atoms with Crippen molar-refractivity contribution in [3.8, 4) is 0 Å². The minimum absolute atomic E-state index is 0.192. The van der Waals surface area contributed by atoms with Crippen LogP contribution in [0.4, 0.5) is 4.39 Å². The van der Waals surface area contributed by atoms with Crippen molar-refractivity contribution in [3.63, 3.8) is 0 Å². The molecule has 0 bridgehead atoms. The zero-order chi connectivity index (χ0) is 14.5.